The van der Waals surface area contributed by atoms with Crippen molar-refractivity contribution in [3.05, 3.63) is 47.1 Å². The lowest BCUT2D eigenvalue weighted by Crippen LogP contribution is -2.49. The Balaban J connectivity index is 2.28. The molecule has 0 aromatic carbocycles. The van der Waals surface area contributed by atoms with Crippen LogP contribution in [0.1, 0.15) is 25.3 Å². The highest BCUT2D eigenvalue weighted by Crippen LogP contribution is 2.54. The summed E-state index contributed by atoms with van der Waals surface area (Å²) in [6.45, 7) is 5.58. The molecule has 1 aliphatic heterocycles. The van der Waals surface area contributed by atoms with E-state index in [0.29, 0.717) is 19.1 Å². The van der Waals surface area contributed by atoms with Crippen molar-refractivity contribution in [1.29, 1.82) is 15.8 Å². The molecule has 2 atom stereocenters. The topological polar surface area (TPSA) is 114 Å². The van der Waals surface area contributed by atoms with Crippen LogP contribution in [0, 0.1) is 45.3 Å². The normalized spacial score (nSPS) is 25.5. The Morgan fingerprint density at radius 3 is 2.56 bits per heavy atom. The molecule has 126 valence electrons. The van der Waals surface area contributed by atoms with Crippen molar-refractivity contribution < 1.29 is 4.42 Å². The standard InChI is InChI=1S/C19H19N5O/c1-12(2)24-5-3-14-15(7-20)18(23)19(10-21,11-22)17(16(14)8-24)13-4-6-25-9-13/h3-4,6,9,12,16-17H,5,8,23H2,1-2H3/t16-,17-/m1/s1. The van der Waals surface area contributed by atoms with Gasteiger partial charge in [0.25, 0.3) is 0 Å². The number of allylic oxidation sites excluding steroid dienone is 2. The molecule has 25 heavy (non-hydrogen) atoms. The number of furan rings is 1. The Morgan fingerprint density at radius 1 is 1.32 bits per heavy atom. The first kappa shape index (κ1) is 16.8. The Morgan fingerprint density at radius 2 is 2.04 bits per heavy atom. The van der Waals surface area contributed by atoms with E-state index in [2.05, 4.69) is 37.0 Å². The maximum Gasteiger partial charge on any atom is 0.191 e. The number of nitriles is 3. The highest BCUT2D eigenvalue weighted by Gasteiger charge is 2.54. The van der Waals surface area contributed by atoms with Gasteiger partial charge in [-0.15, -0.1) is 0 Å². The molecule has 0 bridgehead atoms. The lowest BCUT2D eigenvalue weighted by molar-refractivity contribution is 0.174. The molecule has 0 fully saturated rings. The summed E-state index contributed by atoms with van der Waals surface area (Å²) in [6, 6.07) is 8.44. The van der Waals surface area contributed by atoms with Crippen LogP contribution in [0.3, 0.4) is 0 Å². The van der Waals surface area contributed by atoms with E-state index in [0.717, 1.165) is 11.1 Å². The summed E-state index contributed by atoms with van der Waals surface area (Å²) >= 11 is 0. The fraction of sp³-hybridized carbons (Fsp3) is 0.421. The molecular weight excluding hydrogens is 314 g/mol. The molecular formula is C19H19N5O. The second kappa shape index (κ2) is 6.13. The highest BCUT2D eigenvalue weighted by molar-refractivity contribution is 5.59. The fourth-order valence-corrected chi connectivity index (χ4v) is 3.95. The molecule has 1 aromatic heterocycles. The molecule has 2 heterocycles. The third-order valence-electron chi connectivity index (χ3n) is 5.33. The van der Waals surface area contributed by atoms with Crippen molar-refractivity contribution in [2.45, 2.75) is 25.8 Å². The number of hydrogen-bond donors (Lipinski definition) is 1. The van der Waals surface area contributed by atoms with Gasteiger partial charge in [-0.25, -0.2) is 0 Å². The van der Waals surface area contributed by atoms with Gasteiger partial charge in [0.1, 0.15) is 6.07 Å². The average Bonchev–Trinajstić information content (AvgIpc) is 3.14. The summed E-state index contributed by atoms with van der Waals surface area (Å²) in [4.78, 5) is 2.26. The minimum absolute atomic E-state index is 0.0479. The van der Waals surface area contributed by atoms with E-state index in [4.69, 9.17) is 10.2 Å². The number of rotatable bonds is 2. The molecule has 2 N–H and O–H groups in total. The lowest BCUT2D eigenvalue weighted by Gasteiger charge is -2.46. The second-order valence-electron chi connectivity index (χ2n) is 6.78. The number of nitrogens with two attached hydrogens (primary N) is 1. The Hall–Kier alpha value is -3.01. The average molecular weight is 333 g/mol. The van der Waals surface area contributed by atoms with Gasteiger partial charge in [-0.3, -0.25) is 4.90 Å². The summed E-state index contributed by atoms with van der Waals surface area (Å²) in [5.41, 5.74) is 6.54. The van der Waals surface area contributed by atoms with Crippen LogP contribution in [-0.2, 0) is 0 Å². The van der Waals surface area contributed by atoms with E-state index in [-0.39, 0.29) is 17.2 Å². The SMILES string of the molecule is CC(C)N1CC=C2C(C#N)=C(N)C(C#N)(C#N)[C@H](c3ccoc3)[C@@H]2C1. The van der Waals surface area contributed by atoms with E-state index in [9.17, 15) is 15.8 Å². The van der Waals surface area contributed by atoms with Crippen molar-refractivity contribution >= 4 is 0 Å². The van der Waals surface area contributed by atoms with Gasteiger partial charge in [-0.05, 0) is 31.1 Å². The van der Waals surface area contributed by atoms with Gasteiger partial charge in [0.05, 0.1) is 35.9 Å². The van der Waals surface area contributed by atoms with Gasteiger partial charge in [-0.1, -0.05) is 6.08 Å². The van der Waals surface area contributed by atoms with Gasteiger partial charge >= 0.3 is 0 Å². The largest absolute Gasteiger partial charge is 0.472 e. The Kier molecular flexibility index (Phi) is 4.13. The Labute approximate surface area is 147 Å². The molecule has 0 saturated carbocycles. The van der Waals surface area contributed by atoms with E-state index < -0.39 is 11.3 Å². The molecule has 0 radical (unpaired) electrons. The smallest absolute Gasteiger partial charge is 0.191 e. The van der Waals surface area contributed by atoms with Crippen molar-refractivity contribution in [3.8, 4) is 18.2 Å². The number of fused-ring (bicyclic) bond motifs is 1. The monoisotopic (exact) mass is 333 g/mol. The second-order valence-corrected chi connectivity index (χ2v) is 6.78. The minimum Gasteiger partial charge on any atom is -0.472 e. The highest BCUT2D eigenvalue weighted by atomic mass is 16.3. The predicted molar refractivity (Wildman–Crippen MR) is 90.2 cm³/mol. The van der Waals surface area contributed by atoms with Crippen LogP contribution in [0.25, 0.3) is 0 Å². The van der Waals surface area contributed by atoms with Crippen molar-refractivity contribution in [2.75, 3.05) is 13.1 Å². The van der Waals surface area contributed by atoms with Crippen LogP contribution in [0.4, 0.5) is 0 Å². The van der Waals surface area contributed by atoms with Gasteiger partial charge in [0, 0.05) is 31.0 Å². The summed E-state index contributed by atoms with van der Waals surface area (Å²) < 4.78 is 5.22. The van der Waals surface area contributed by atoms with Gasteiger partial charge in [-0.2, -0.15) is 15.8 Å². The van der Waals surface area contributed by atoms with Gasteiger partial charge in [0.15, 0.2) is 5.41 Å². The zero-order valence-corrected chi connectivity index (χ0v) is 14.2. The molecule has 0 spiro atoms. The van der Waals surface area contributed by atoms with Gasteiger partial charge in [0.2, 0.25) is 0 Å². The minimum atomic E-state index is -1.59. The van der Waals surface area contributed by atoms with Crippen molar-refractivity contribution in [3.63, 3.8) is 0 Å². The first-order chi connectivity index (χ1) is 12.0. The van der Waals surface area contributed by atoms with Crippen LogP contribution < -0.4 is 5.73 Å². The molecule has 0 saturated heterocycles. The molecule has 1 aliphatic carbocycles. The number of nitrogens with zero attached hydrogens (tertiary/aromatic N) is 4. The number of hydrogen-bond acceptors (Lipinski definition) is 6. The maximum absolute atomic E-state index is 9.90. The van der Waals surface area contributed by atoms with E-state index >= 15 is 0 Å². The summed E-state index contributed by atoms with van der Waals surface area (Å²) in [5.74, 6) is -0.652. The third-order valence-corrected chi connectivity index (χ3v) is 5.33. The van der Waals surface area contributed by atoms with Crippen LogP contribution in [0.2, 0.25) is 0 Å². The van der Waals surface area contributed by atoms with Crippen molar-refractivity contribution in [2.24, 2.45) is 17.1 Å². The van der Waals surface area contributed by atoms with Crippen LogP contribution in [0.15, 0.2) is 45.9 Å². The summed E-state index contributed by atoms with van der Waals surface area (Å²) in [5, 5.41) is 29.4. The van der Waals surface area contributed by atoms with Gasteiger partial charge < -0.3 is 10.2 Å². The van der Waals surface area contributed by atoms with E-state index in [1.54, 1.807) is 12.3 Å². The first-order valence-electron chi connectivity index (χ1n) is 8.19. The predicted octanol–water partition coefficient (Wildman–Crippen LogP) is 2.41. The van der Waals surface area contributed by atoms with Crippen molar-refractivity contribution in [1.82, 2.24) is 4.90 Å². The lowest BCUT2D eigenvalue weighted by atomic mass is 9.58. The zero-order valence-electron chi connectivity index (χ0n) is 14.2. The Bertz CT molecular complexity index is 843. The first-order valence-corrected chi connectivity index (χ1v) is 8.19. The molecule has 0 unspecified atom stereocenters. The summed E-state index contributed by atoms with van der Waals surface area (Å²) in [7, 11) is 0. The fourth-order valence-electron chi connectivity index (χ4n) is 3.95. The van der Waals surface area contributed by atoms with Crippen LogP contribution in [-0.4, -0.2) is 24.0 Å². The molecule has 3 rings (SSSR count). The van der Waals surface area contributed by atoms with Crippen LogP contribution >= 0.6 is 0 Å². The zero-order chi connectivity index (χ0) is 18.2. The van der Waals surface area contributed by atoms with E-state index in [1.807, 2.05) is 6.08 Å². The molecule has 2 aliphatic rings. The third kappa shape index (κ3) is 2.33. The van der Waals surface area contributed by atoms with Crippen LogP contribution in [0.5, 0.6) is 0 Å². The quantitative estimate of drug-likeness (QED) is 0.889. The molecule has 0 amide bonds. The molecule has 1 aromatic rings. The maximum atomic E-state index is 9.90. The molecule has 6 heteroatoms. The molecule has 6 nitrogen and oxygen atoms in total. The van der Waals surface area contributed by atoms with E-state index in [1.165, 1.54) is 6.26 Å². The summed E-state index contributed by atoms with van der Waals surface area (Å²) in [6.07, 6.45) is 5.09.